The molecule has 2 N–H and O–H groups in total. The zero-order valence-corrected chi connectivity index (χ0v) is 9.71. The van der Waals surface area contributed by atoms with Gasteiger partial charge in [-0.2, -0.15) is 0 Å². The van der Waals surface area contributed by atoms with E-state index in [1.54, 1.807) is 0 Å². The molecule has 0 radical (unpaired) electrons. The minimum absolute atomic E-state index is 0.0835. The molecule has 1 aliphatic rings. The van der Waals surface area contributed by atoms with Crippen molar-refractivity contribution in [1.29, 1.82) is 0 Å². The van der Waals surface area contributed by atoms with Crippen molar-refractivity contribution in [2.45, 2.75) is 25.3 Å². The molecule has 1 amide bonds. The quantitative estimate of drug-likeness (QED) is 0.763. The average Bonchev–Trinajstić information content (AvgIpc) is 2.66. The summed E-state index contributed by atoms with van der Waals surface area (Å²) in [6, 6.07) is 1.53. The fourth-order valence-corrected chi connectivity index (χ4v) is 1.89. The molecule has 16 heavy (non-hydrogen) atoms. The third kappa shape index (κ3) is 2.31. The van der Waals surface area contributed by atoms with Crippen molar-refractivity contribution in [3.05, 3.63) is 17.5 Å². The van der Waals surface area contributed by atoms with E-state index >= 15 is 0 Å². The van der Waals surface area contributed by atoms with Crippen LogP contribution in [0.1, 0.15) is 19.8 Å². The van der Waals surface area contributed by atoms with Gasteiger partial charge in [-0.1, -0.05) is 11.6 Å². The van der Waals surface area contributed by atoms with E-state index in [2.05, 4.69) is 20.6 Å². The Morgan fingerprint density at radius 3 is 3.06 bits per heavy atom. The van der Waals surface area contributed by atoms with Crippen molar-refractivity contribution in [2.75, 3.05) is 11.9 Å². The lowest BCUT2D eigenvalue weighted by molar-refractivity contribution is -0.121. The summed E-state index contributed by atoms with van der Waals surface area (Å²) in [6.45, 7) is 2.76. The number of hydrogen-bond acceptors (Lipinski definition) is 4. The number of anilines is 1. The van der Waals surface area contributed by atoms with Crippen LogP contribution in [-0.2, 0) is 4.79 Å². The van der Waals surface area contributed by atoms with E-state index in [9.17, 15) is 4.79 Å². The van der Waals surface area contributed by atoms with E-state index in [0.29, 0.717) is 11.0 Å². The Hall–Kier alpha value is -1.20. The molecule has 0 spiro atoms. The minimum atomic E-state index is -0.503. The van der Waals surface area contributed by atoms with Gasteiger partial charge in [0.25, 0.3) is 0 Å². The van der Waals surface area contributed by atoms with Gasteiger partial charge in [0.1, 0.15) is 17.3 Å². The molecule has 6 heteroatoms. The highest BCUT2D eigenvalue weighted by molar-refractivity contribution is 6.29. The van der Waals surface area contributed by atoms with Gasteiger partial charge in [0.05, 0.1) is 5.54 Å². The number of aromatic nitrogens is 2. The van der Waals surface area contributed by atoms with E-state index in [1.807, 2.05) is 6.92 Å². The van der Waals surface area contributed by atoms with Gasteiger partial charge >= 0.3 is 0 Å². The van der Waals surface area contributed by atoms with Gasteiger partial charge in [-0.05, 0) is 26.3 Å². The van der Waals surface area contributed by atoms with Crippen LogP contribution in [0.15, 0.2) is 12.4 Å². The molecular formula is C10H13ClN4O. The number of rotatable bonds is 2. The maximum atomic E-state index is 12.0. The zero-order chi connectivity index (χ0) is 11.6. The highest BCUT2D eigenvalue weighted by atomic mass is 35.5. The second-order valence-corrected chi connectivity index (χ2v) is 4.43. The average molecular weight is 241 g/mol. The summed E-state index contributed by atoms with van der Waals surface area (Å²) in [4.78, 5) is 19.6. The molecule has 1 atom stereocenters. The van der Waals surface area contributed by atoms with Gasteiger partial charge < -0.3 is 10.6 Å². The van der Waals surface area contributed by atoms with Crippen LogP contribution in [0.3, 0.4) is 0 Å². The van der Waals surface area contributed by atoms with Gasteiger partial charge in [-0.15, -0.1) is 0 Å². The second-order valence-electron chi connectivity index (χ2n) is 4.04. The maximum Gasteiger partial charge on any atom is 0.245 e. The topological polar surface area (TPSA) is 66.9 Å². The van der Waals surface area contributed by atoms with Crippen LogP contribution in [0.25, 0.3) is 0 Å². The highest BCUT2D eigenvalue weighted by Crippen LogP contribution is 2.20. The Bertz CT molecular complexity index is 404. The van der Waals surface area contributed by atoms with E-state index in [0.717, 1.165) is 19.4 Å². The summed E-state index contributed by atoms with van der Waals surface area (Å²) in [5.41, 5.74) is -0.503. The number of halogens is 1. The van der Waals surface area contributed by atoms with Crippen LogP contribution in [-0.4, -0.2) is 28.0 Å². The lowest BCUT2D eigenvalue weighted by Crippen LogP contribution is -2.48. The third-order valence-electron chi connectivity index (χ3n) is 2.75. The predicted octanol–water partition coefficient (Wildman–Crippen LogP) is 1.21. The Morgan fingerprint density at radius 1 is 1.62 bits per heavy atom. The molecule has 1 aromatic rings. The van der Waals surface area contributed by atoms with Crippen molar-refractivity contribution < 1.29 is 4.79 Å². The van der Waals surface area contributed by atoms with Crippen molar-refractivity contribution >= 4 is 23.3 Å². The van der Waals surface area contributed by atoms with Gasteiger partial charge in [0.2, 0.25) is 5.91 Å². The fraction of sp³-hybridized carbons (Fsp3) is 0.500. The number of hydrogen-bond donors (Lipinski definition) is 2. The van der Waals surface area contributed by atoms with Crippen molar-refractivity contribution in [3.63, 3.8) is 0 Å². The molecule has 1 aliphatic heterocycles. The number of amides is 1. The lowest BCUT2D eigenvalue weighted by atomic mass is 9.99. The molecule has 86 valence electrons. The van der Waals surface area contributed by atoms with E-state index in [-0.39, 0.29) is 5.91 Å². The summed E-state index contributed by atoms with van der Waals surface area (Å²) in [5, 5.41) is 6.22. The Morgan fingerprint density at radius 2 is 2.44 bits per heavy atom. The summed E-state index contributed by atoms with van der Waals surface area (Å²) in [6.07, 6.45) is 3.16. The fourth-order valence-electron chi connectivity index (χ4n) is 1.74. The van der Waals surface area contributed by atoms with Gasteiger partial charge in [-0.3, -0.25) is 4.79 Å². The number of nitrogens with zero attached hydrogens (tertiary/aromatic N) is 2. The van der Waals surface area contributed by atoms with Crippen LogP contribution >= 0.6 is 11.6 Å². The largest absolute Gasteiger partial charge is 0.309 e. The number of carbonyl (C=O) groups is 1. The standard InChI is InChI=1S/C10H13ClN4O/c1-10(3-2-4-14-10)9(16)15-8-5-7(11)12-6-13-8/h5-6,14H,2-4H2,1H3,(H,12,13,15,16). The summed E-state index contributed by atoms with van der Waals surface area (Å²) >= 11 is 5.70. The Kier molecular flexibility index (Phi) is 3.07. The molecule has 2 heterocycles. The van der Waals surface area contributed by atoms with Crippen LogP contribution in [0.2, 0.25) is 5.15 Å². The third-order valence-corrected chi connectivity index (χ3v) is 2.95. The van der Waals surface area contributed by atoms with E-state index in [4.69, 9.17) is 11.6 Å². The monoisotopic (exact) mass is 240 g/mol. The number of nitrogens with one attached hydrogen (secondary N) is 2. The van der Waals surface area contributed by atoms with Crippen molar-refractivity contribution in [1.82, 2.24) is 15.3 Å². The van der Waals surface area contributed by atoms with Crippen LogP contribution in [0.5, 0.6) is 0 Å². The molecule has 0 aromatic carbocycles. The molecule has 0 saturated carbocycles. The molecular weight excluding hydrogens is 228 g/mol. The second kappa shape index (κ2) is 4.35. The van der Waals surface area contributed by atoms with Gasteiger partial charge in [0, 0.05) is 6.07 Å². The predicted molar refractivity (Wildman–Crippen MR) is 61.3 cm³/mol. The smallest absolute Gasteiger partial charge is 0.245 e. The Labute approximate surface area is 98.6 Å². The molecule has 0 bridgehead atoms. The van der Waals surface area contributed by atoms with Crippen molar-refractivity contribution in [2.24, 2.45) is 0 Å². The highest BCUT2D eigenvalue weighted by Gasteiger charge is 2.35. The van der Waals surface area contributed by atoms with Gasteiger partial charge in [-0.25, -0.2) is 9.97 Å². The first-order chi connectivity index (χ1) is 7.60. The number of carbonyl (C=O) groups excluding carboxylic acids is 1. The molecule has 2 rings (SSSR count). The normalized spacial score (nSPS) is 24.4. The van der Waals surface area contributed by atoms with E-state index < -0.39 is 5.54 Å². The molecule has 0 aliphatic carbocycles. The molecule has 1 aromatic heterocycles. The molecule has 1 fully saturated rings. The molecule has 1 saturated heterocycles. The van der Waals surface area contributed by atoms with Crippen LogP contribution in [0, 0.1) is 0 Å². The van der Waals surface area contributed by atoms with Crippen LogP contribution in [0.4, 0.5) is 5.82 Å². The summed E-state index contributed by atoms with van der Waals surface area (Å²) in [5.74, 6) is 0.347. The summed E-state index contributed by atoms with van der Waals surface area (Å²) < 4.78 is 0. The first-order valence-electron chi connectivity index (χ1n) is 5.14. The maximum absolute atomic E-state index is 12.0. The Balaban J connectivity index is 2.07. The first-order valence-corrected chi connectivity index (χ1v) is 5.52. The van der Waals surface area contributed by atoms with Gasteiger partial charge in [0.15, 0.2) is 0 Å². The SMILES string of the molecule is CC1(C(=O)Nc2cc(Cl)ncn2)CCCN1. The summed E-state index contributed by atoms with van der Waals surface area (Å²) in [7, 11) is 0. The minimum Gasteiger partial charge on any atom is -0.309 e. The molecule has 1 unspecified atom stereocenters. The van der Waals surface area contributed by atoms with Crippen LogP contribution < -0.4 is 10.6 Å². The molecule has 5 nitrogen and oxygen atoms in total. The lowest BCUT2D eigenvalue weighted by Gasteiger charge is -2.22. The van der Waals surface area contributed by atoms with Crippen molar-refractivity contribution in [3.8, 4) is 0 Å². The first kappa shape index (κ1) is 11.3. The van der Waals surface area contributed by atoms with E-state index in [1.165, 1.54) is 12.4 Å². The zero-order valence-electron chi connectivity index (χ0n) is 8.96.